The maximum atomic E-state index is 14.1. The first-order chi connectivity index (χ1) is 16.8. The maximum Gasteiger partial charge on any atom is 0.254 e. The molecule has 35 heavy (non-hydrogen) atoms. The van der Waals surface area contributed by atoms with Crippen molar-refractivity contribution in [1.29, 1.82) is 0 Å². The van der Waals surface area contributed by atoms with Crippen molar-refractivity contribution in [3.63, 3.8) is 0 Å². The Balaban J connectivity index is 1.42. The van der Waals surface area contributed by atoms with Crippen LogP contribution in [0.15, 0.2) is 60.7 Å². The summed E-state index contributed by atoms with van der Waals surface area (Å²) in [6.07, 6.45) is -0.508. The van der Waals surface area contributed by atoms with Crippen molar-refractivity contribution in [2.75, 3.05) is 32.7 Å². The van der Waals surface area contributed by atoms with Crippen molar-refractivity contribution in [2.45, 2.75) is 12.7 Å². The minimum atomic E-state index is -0.804. The Morgan fingerprint density at radius 2 is 1.49 bits per heavy atom. The van der Waals surface area contributed by atoms with Crippen LogP contribution in [0.3, 0.4) is 0 Å². The van der Waals surface area contributed by atoms with Gasteiger partial charge in [-0.2, -0.15) is 0 Å². The highest BCUT2D eigenvalue weighted by molar-refractivity contribution is 6.30. The number of benzene rings is 3. The van der Waals surface area contributed by atoms with Crippen LogP contribution in [0.2, 0.25) is 5.02 Å². The van der Waals surface area contributed by atoms with Crippen molar-refractivity contribution < 1.29 is 27.1 Å². The van der Waals surface area contributed by atoms with E-state index in [4.69, 9.17) is 16.3 Å². The van der Waals surface area contributed by atoms with E-state index in [0.717, 1.165) is 23.8 Å². The molecule has 0 bridgehead atoms. The zero-order valence-electron chi connectivity index (χ0n) is 18.7. The number of hydrogen-bond donors (Lipinski definition) is 0. The molecule has 1 aliphatic rings. The van der Waals surface area contributed by atoms with Crippen molar-refractivity contribution >= 4 is 17.5 Å². The number of piperazine rings is 1. The Morgan fingerprint density at radius 3 is 2.09 bits per heavy atom. The van der Waals surface area contributed by atoms with E-state index in [0.29, 0.717) is 37.7 Å². The summed E-state index contributed by atoms with van der Waals surface area (Å²) in [7, 11) is 0. The van der Waals surface area contributed by atoms with E-state index in [1.165, 1.54) is 23.1 Å². The fourth-order valence-electron chi connectivity index (χ4n) is 4.01. The van der Waals surface area contributed by atoms with Gasteiger partial charge in [-0.3, -0.25) is 9.69 Å². The topological polar surface area (TPSA) is 32.8 Å². The molecular weight excluding hydrogens is 484 g/mol. The van der Waals surface area contributed by atoms with Crippen molar-refractivity contribution in [2.24, 2.45) is 0 Å². The number of amides is 1. The zero-order valence-corrected chi connectivity index (χ0v) is 19.5. The predicted molar refractivity (Wildman–Crippen MR) is 124 cm³/mol. The lowest BCUT2D eigenvalue weighted by atomic mass is 10.1. The number of halogens is 5. The highest BCUT2D eigenvalue weighted by atomic mass is 35.5. The van der Waals surface area contributed by atoms with Gasteiger partial charge in [0.2, 0.25) is 0 Å². The number of ether oxygens (including phenoxy) is 1. The van der Waals surface area contributed by atoms with Gasteiger partial charge in [-0.15, -0.1) is 0 Å². The van der Waals surface area contributed by atoms with Crippen molar-refractivity contribution in [3.05, 3.63) is 106 Å². The second-order valence-corrected chi connectivity index (χ2v) is 8.74. The molecule has 0 radical (unpaired) electrons. The summed E-state index contributed by atoms with van der Waals surface area (Å²) in [6.45, 7) is 1.85. The Morgan fingerprint density at radius 1 is 0.886 bits per heavy atom. The second-order valence-electron chi connectivity index (χ2n) is 8.30. The number of rotatable bonds is 7. The largest absolute Gasteiger partial charge is 0.367 e. The van der Waals surface area contributed by atoms with Gasteiger partial charge >= 0.3 is 0 Å². The third-order valence-corrected chi connectivity index (χ3v) is 6.18. The van der Waals surface area contributed by atoms with E-state index in [1.54, 1.807) is 24.3 Å². The van der Waals surface area contributed by atoms with Crippen molar-refractivity contribution in [3.8, 4) is 0 Å². The average Bonchev–Trinajstić information content (AvgIpc) is 2.83. The smallest absolute Gasteiger partial charge is 0.254 e. The number of nitrogens with zero attached hydrogens (tertiary/aromatic N) is 2. The lowest BCUT2D eigenvalue weighted by molar-refractivity contribution is 0.00144. The Labute approximate surface area is 205 Å². The Bertz CT molecular complexity index is 1140. The molecule has 1 saturated heterocycles. The molecule has 0 unspecified atom stereocenters. The zero-order chi connectivity index (χ0) is 24.9. The first kappa shape index (κ1) is 25.2. The highest BCUT2D eigenvalue weighted by Gasteiger charge is 2.26. The van der Waals surface area contributed by atoms with Gasteiger partial charge in [0.05, 0.1) is 12.7 Å². The minimum absolute atomic E-state index is 0.0368. The highest BCUT2D eigenvalue weighted by Crippen LogP contribution is 2.25. The Hall–Kier alpha value is -2.94. The number of carbonyl (C=O) groups is 1. The van der Waals surface area contributed by atoms with Gasteiger partial charge in [0.15, 0.2) is 0 Å². The molecule has 184 valence electrons. The van der Waals surface area contributed by atoms with E-state index in [-0.39, 0.29) is 17.7 Å². The van der Waals surface area contributed by atoms with Crippen LogP contribution >= 0.6 is 11.6 Å². The summed E-state index contributed by atoms with van der Waals surface area (Å²) in [4.78, 5) is 16.3. The van der Waals surface area contributed by atoms with Crippen LogP contribution in [0.25, 0.3) is 0 Å². The maximum absolute atomic E-state index is 14.1. The van der Waals surface area contributed by atoms with E-state index in [1.807, 2.05) is 0 Å². The van der Waals surface area contributed by atoms with Crippen LogP contribution in [0.4, 0.5) is 17.6 Å². The molecule has 1 amide bonds. The normalized spacial score (nSPS) is 15.3. The van der Waals surface area contributed by atoms with Crippen LogP contribution in [0.5, 0.6) is 0 Å². The summed E-state index contributed by atoms with van der Waals surface area (Å²) in [6, 6.07) is 13.4. The van der Waals surface area contributed by atoms with Gasteiger partial charge in [0, 0.05) is 54.9 Å². The quantitative estimate of drug-likeness (QED) is 0.390. The molecule has 9 heteroatoms. The second kappa shape index (κ2) is 11.2. The van der Waals surface area contributed by atoms with Crippen LogP contribution in [0.1, 0.15) is 27.6 Å². The lowest BCUT2D eigenvalue weighted by Gasteiger charge is -2.36. The monoisotopic (exact) mass is 506 g/mol. The van der Waals surface area contributed by atoms with Gasteiger partial charge < -0.3 is 9.64 Å². The summed E-state index contributed by atoms with van der Waals surface area (Å²) < 4.78 is 61.2. The summed E-state index contributed by atoms with van der Waals surface area (Å²) in [5.74, 6) is -3.41. The van der Waals surface area contributed by atoms with Crippen LogP contribution in [-0.2, 0) is 11.3 Å². The summed E-state index contributed by atoms with van der Waals surface area (Å²) in [5.41, 5.74) is 0.606. The summed E-state index contributed by atoms with van der Waals surface area (Å²) in [5, 5.41) is 0.550. The molecule has 1 fully saturated rings. The molecule has 0 aromatic heterocycles. The average molecular weight is 507 g/mol. The predicted octanol–water partition coefficient (Wildman–Crippen LogP) is 5.61. The van der Waals surface area contributed by atoms with E-state index < -0.39 is 35.3 Å². The van der Waals surface area contributed by atoms with Crippen LogP contribution in [0, 0.1) is 23.3 Å². The van der Waals surface area contributed by atoms with Crippen LogP contribution in [-0.4, -0.2) is 48.4 Å². The number of carbonyl (C=O) groups excluding carboxylic acids is 1. The molecule has 1 heterocycles. The van der Waals surface area contributed by atoms with E-state index >= 15 is 0 Å². The third-order valence-electron chi connectivity index (χ3n) is 5.93. The standard InChI is InChI=1S/C26H23ClF4N2O2/c27-19-6-4-17(5-7-19)25(35-16-22-23(30)2-1-3-24(22)31)15-32-8-10-33(11-9-32)26(34)18-12-20(28)14-21(29)13-18/h1-7,12-14,25H,8-11,15-16H2/t25-/m0/s1. The molecule has 0 N–H and O–H groups in total. The third kappa shape index (κ3) is 6.39. The Kier molecular flexibility index (Phi) is 8.05. The molecule has 1 aliphatic heterocycles. The molecule has 0 aliphatic carbocycles. The summed E-state index contributed by atoms with van der Waals surface area (Å²) >= 11 is 6.00. The molecule has 1 atom stereocenters. The van der Waals surface area contributed by atoms with E-state index in [9.17, 15) is 22.4 Å². The van der Waals surface area contributed by atoms with Gasteiger partial charge in [0.1, 0.15) is 23.3 Å². The molecular formula is C26H23ClF4N2O2. The first-order valence-electron chi connectivity index (χ1n) is 11.1. The molecule has 0 saturated carbocycles. The molecule has 3 aromatic rings. The molecule has 4 nitrogen and oxygen atoms in total. The fraction of sp³-hybridized carbons (Fsp3) is 0.269. The first-order valence-corrected chi connectivity index (χ1v) is 11.5. The SMILES string of the molecule is O=C(c1cc(F)cc(F)c1)N1CCN(C[C@H](OCc2c(F)cccc2F)c2ccc(Cl)cc2)CC1. The molecule has 4 rings (SSSR count). The lowest BCUT2D eigenvalue weighted by Crippen LogP contribution is -2.49. The minimum Gasteiger partial charge on any atom is -0.367 e. The van der Waals surface area contributed by atoms with Gasteiger partial charge in [-0.05, 0) is 42.0 Å². The number of hydrogen-bond acceptors (Lipinski definition) is 3. The van der Waals surface area contributed by atoms with Gasteiger partial charge in [0.25, 0.3) is 5.91 Å². The fourth-order valence-corrected chi connectivity index (χ4v) is 4.14. The van der Waals surface area contributed by atoms with Gasteiger partial charge in [-0.25, -0.2) is 17.6 Å². The van der Waals surface area contributed by atoms with Gasteiger partial charge in [-0.1, -0.05) is 29.8 Å². The molecule has 0 spiro atoms. The molecule has 3 aromatic carbocycles. The van der Waals surface area contributed by atoms with Crippen molar-refractivity contribution in [1.82, 2.24) is 9.80 Å². The van der Waals surface area contributed by atoms with Crippen LogP contribution < -0.4 is 0 Å². The van der Waals surface area contributed by atoms with E-state index in [2.05, 4.69) is 4.90 Å².